The molecule has 1 amide bonds. The first-order valence-corrected chi connectivity index (χ1v) is 8.52. The van der Waals surface area contributed by atoms with Crippen LogP contribution < -0.4 is 10.6 Å². The number of hydrogen-bond acceptors (Lipinski definition) is 4. The zero-order valence-electron chi connectivity index (χ0n) is 14.6. The van der Waals surface area contributed by atoms with E-state index < -0.39 is 0 Å². The number of nitrogens with one attached hydrogen (secondary N) is 2. The van der Waals surface area contributed by atoms with Crippen molar-refractivity contribution in [3.63, 3.8) is 0 Å². The second kappa shape index (κ2) is 6.61. The second-order valence-corrected chi connectivity index (χ2v) is 6.26. The number of fused-ring (bicyclic) bond motifs is 2. The fourth-order valence-electron chi connectivity index (χ4n) is 2.83. The predicted octanol–water partition coefficient (Wildman–Crippen LogP) is 4.19. The summed E-state index contributed by atoms with van der Waals surface area (Å²) in [7, 11) is 1.75. The zero-order chi connectivity index (χ0) is 18.1. The van der Waals surface area contributed by atoms with Crippen molar-refractivity contribution in [1.82, 2.24) is 10.3 Å². The summed E-state index contributed by atoms with van der Waals surface area (Å²) in [5, 5.41) is 8.11. The van der Waals surface area contributed by atoms with Crippen LogP contribution in [0.5, 0.6) is 0 Å². The molecule has 0 aliphatic carbocycles. The highest BCUT2D eigenvalue weighted by Gasteiger charge is 2.13. The third kappa shape index (κ3) is 3.05. The molecule has 0 aliphatic heterocycles. The van der Waals surface area contributed by atoms with Crippen molar-refractivity contribution in [1.29, 1.82) is 0 Å². The molecule has 26 heavy (non-hydrogen) atoms. The third-order valence-electron chi connectivity index (χ3n) is 4.48. The van der Waals surface area contributed by atoms with Crippen LogP contribution in [0.2, 0.25) is 0 Å². The van der Waals surface area contributed by atoms with Crippen molar-refractivity contribution in [3.05, 3.63) is 60.7 Å². The molecule has 0 bridgehead atoms. The van der Waals surface area contributed by atoms with Crippen LogP contribution in [0.15, 0.2) is 65.1 Å². The summed E-state index contributed by atoms with van der Waals surface area (Å²) in [5.74, 6) is 0.475. The van der Waals surface area contributed by atoms with E-state index in [0.29, 0.717) is 22.7 Å². The molecule has 0 aliphatic rings. The smallest absolute Gasteiger partial charge is 0.241 e. The molecular weight excluding hydrogens is 326 g/mol. The van der Waals surface area contributed by atoms with Gasteiger partial charge in [0.25, 0.3) is 0 Å². The highest BCUT2D eigenvalue weighted by molar-refractivity contribution is 5.96. The number of anilines is 1. The standard InChI is InChI=1S/C21H19N3O2/c1-13(22-2)20(25)23-17-9-10-19-18(12-17)24-21(26-19)16-8-7-14-5-3-4-6-15(14)11-16/h3-13,22H,1-2H3,(H,23,25)/t13-/m0/s1. The Kier molecular flexibility index (Phi) is 4.14. The molecular formula is C21H19N3O2. The lowest BCUT2D eigenvalue weighted by atomic mass is 10.1. The van der Waals surface area contributed by atoms with E-state index in [9.17, 15) is 4.79 Å². The van der Waals surface area contributed by atoms with Crippen LogP contribution >= 0.6 is 0 Å². The van der Waals surface area contributed by atoms with Gasteiger partial charge < -0.3 is 15.1 Å². The van der Waals surface area contributed by atoms with Crippen LogP contribution in [0.1, 0.15) is 6.92 Å². The number of carbonyl (C=O) groups is 1. The topological polar surface area (TPSA) is 67.2 Å². The van der Waals surface area contributed by atoms with Crippen LogP contribution in [-0.2, 0) is 4.79 Å². The number of nitrogens with zero attached hydrogens (tertiary/aromatic N) is 1. The summed E-state index contributed by atoms with van der Waals surface area (Å²) in [4.78, 5) is 16.6. The van der Waals surface area contributed by atoms with Crippen molar-refractivity contribution in [2.75, 3.05) is 12.4 Å². The first kappa shape index (κ1) is 16.3. The van der Waals surface area contributed by atoms with Gasteiger partial charge in [-0.05, 0) is 55.1 Å². The highest BCUT2D eigenvalue weighted by Crippen LogP contribution is 2.28. The Morgan fingerprint density at radius 1 is 1.04 bits per heavy atom. The molecule has 5 nitrogen and oxygen atoms in total. The molecule has 1 heterocycles. The zero-order valence-corrected chi connectivity index (χ0v) is 14.6. The van der Waals surface area contributed by atoms with Crippen molar-refractivity contribution in [3.8, 4) is 11.5 Å². The molecule has 1 aromatic heterocycles. The maximum Gasteiger partial charge on any atom is 0.241 e. The summed E-state index contributed by atoms with van der Waals surface area (Å²) >= 11 is 0. The van der Waals surface area contributed by atoms with Gasteiger partial charge in [0.15, 0.2) is 5.58 Å². The van der Waals surface area contributed by atoms with Crippen molar-refractivity contribution in [2.45, 2.75) is 13.0 Å². The van der Waals surface area contributed by atoms with Crippen molar-refractivity contribution >= 4 is 33.5 Å². The molecule has 0 spiro atoms. The van der Waals surface area contributed by atoms with Gasteiger partial charge >= 0.3 is 0 Å². The van der Waals surface area contributed by atoms with E-state index >= 15 is 0 Å². The largest absolute Gasteiger partial charge is 0.436 e. The summed E-state index contributed by atoms with van der Waals surface area (Å²) in [5.41, 5.74) is 3.02. The number of carbonyl (C=O) groups excluding carboxylic acids is 1. The van der Waals surface area contributed by atoms with E-state index in [-0.39, 0.29) is 11.9 Å². The summed E-state index contributed by atoms with van der Waals surface area (Å²) in [6.45, 7) is 1.81. The number of hydrogen-bond donors (Lipinski definition) is 2. The van der Waals surface area contributed by atoms with Gasteiger partial charge in [0.1, 0.15) is 5.52 Å². The Bertz CT molecular complexity index is 1100. The minimum atomic E-state index is -0.267. The average Bonchev–Trinajstić information content (AvgIpc) is 3.10. The molecule has 3 aromatic carbocycles. The second-order valence-electron chi connectivity index (χ2n) is 6.26. The molecule has 0 unspecified atom stereocenters. The highest BCUT2D eigenvalue weighted by atomic mass is 16.3. The Morgan fingerprint density at radius 2 is 1.85 bits per heavy atom. The molecule has 0 fully saturated rings. The van der Waals surface area contributed by atoms with E-state index in [0.717, 1.165) is 10.9 Å². The minimum absolute atomic E-state index is 0.0925. The quantitative estimate of drug-likeness (QED) is 0.582. The van der Waals surface area contributed by atoms with Crippen LogP contribution in [-0.4, -0.2) is 24.0 Å². The molecule has 2 N–H and O–H groups in total. The van der Waals surface area contributed by atoms with Gasteiger partial charge in [-0.2, -0.15) is 0 Å². The maximum atomic E-state index is 12.0. The lowest BCUT2D eigenvalue weighted by Gasteiger charge is -2.10. The molecule has 4 aromatic rings. The monoisotopic (exact) mass is 345 g/mol. The number of aromatic nitrogens is 1. The van der Waals surface area contributed by atoms with Crippen molar-refractivity contribution < 1.29 is 9.21 Å². The van der Waals surface area contributed by atoms with Gasteiger partial charge in [0, 0.05) is 11.3 Å². The maximum absolute atomic E-state index is 12.0. The van der Waals surface area contributed by atoms with Crippen molar-refractivity contribution in [2.24, 2.45) is 0 Å². The van der Waals surface area contributed by atoms with E-state index in [4.69, 9.17) is 4.42 Å². The number of amides is 1. The van der Waals surface area contributed by atoms with E-state index in [1.54, 1.807) is 7.05 Å². The SMILES string of the molecule is CN[C@@H](C)C(=O)Nc1ccc2oc(-c3ccc4ccccc4c3)nc2c1. The van der Waals surface area contributed by atoms with Crippen LogP contribution in [0.3, 0.4) is 0 Å². The molecule has 130 valence electrons. The molecule has 4 rings (SSSR count). The van der Waals surface area contributed by atoms with Crippen LogP contribution in [0.25, 0.3) is 33.3 Å². The first-order valence-electron chi connectivity index (χ1n) is 8.52. The fraction of sp³-hybridized carbons (Fsp3) is 0.143. The van der Waals surface area contributed by atoms with Gasteiger partial charge in [-0.15, -0.1) is 0 Å². The summed E-state index contributed by atoms with van der Waals surface area (Å²) in [6.07, 6.45) is 0. The Hall–Kier alpha value is -3.18. The van der Waals surface area contributed by atoms with Gasteiger partial charge in [-0.25, -0.2) is 4.98 Å². The molecule has 0 radical (unpaired) electrons. The van der Waals surface area contributed by atoms with E-state index in [2.05, 4.69) is 39.9 Å². The summed E-state index contributed by atoms with van der Waals surface area (Å²) < 4.78 is 5.90. The van der Waals surface area contributed by atoms with Gasteiger partial charge in [0.2, 0.25) is 11.8 Å². The normalized spacial score (nSPS) is 12.4. The fourth-order valence-corrected chi connectivity index (χ4v) is 2.83. The molecule has 0 saturated carbocycles. The average molecular weight is 345 g/mol. The van der Waals surface area contributed by atoms with Gasteiger partial charge in [0.05, 0.1) is 6.04 Å². The van der Waals surface area contributed by atoms with Gasteiger partial charge in [-0.3, -0.25) is 4.79 Å². The van der Waals surface area contributed by atoms with Crippen LogP contribution in [0, 0.1) is 0 Å². The first-order chi connectivity index (χ1) is 12.6. The Labute approximate surface area is 151 Å². The Balaban J connectivity index is 1.67. The number of benzene rings is 3. The van der Waals surface area contributed by atoms with Crippen LogP contribution in [0.4, 0.5) is 5.69 Å². The Morgan fingerprint density at radius 3 is 2.65 bits per heavy atom. The predicted molar refractivity (Wildman–Crippen MR) is 104 cm³/mol. The lowest BCUT2D eigenvalue weighted by Crippen LogP contribution is -2.35. The molecule has 0 saturated heterocycles. The molecule has 5 heteroatoms. The minimum Gasteiger partial charge on any atom is -0.436 e. The number of likely N-dealkylation sites (N-methyl/N-ethyl adjacent to an activating group) is 1. The number of oxazole rings is 1. The number of rotatable bonds is 4. The van der Waals surface area contributed by atoms with E-state index in [1.807, 2.05) is 43.3 Å². The van der Waals surface area contributed by atoms with Gasteiger partial charge in [-0.1, -0.05) is 30.3 Å². The lowest BCUT2D eigenvalue weighted by molar-refractivity contribution is -0.117. The van der Waals surface area contributed by atoms with E-state index in [1.165, 1.54) is 5.39 Å². The summed E-state index contributed by atoms with van der Waals surface area (Å²) in [6, 6.07) is 19.5. The third-order valence-corrected chi connectivity index (χ3v) is 4.48. The molecule has 1 atom stereocenters.